The third-order valence-electron chi connectivity index (χ3n) is 5.92. The summed E-state index contributed by atoms with van der Waals surface area (Å²) in [6, 6.07) is 6.65. The zero-order valence-corrected chi connectivity index (χ0v) is 18.7. The fourth-order valence-corrected chi connectivity index (χ4v) is 4.82. The molecule has 168 valence electrons. The minimum Gasteiger partial charge on any atom is -0.359 e. The Kier molecular flexibility index (Phi) is 5.51. The highest BCUT2D eigenvalue weighted by atomic mass is 32.1. The van der Waals surface area contributed by atoms with Crippen molar-refractivity contribution in [2.24, 2.45) is 0 Å². The predicted octanol–water partition coefficient (Wildman–Crippen LogP) is 2.28. The van der Waals surface area contributed by atoms with Gasteiger partial charge in [0.05, 0.1) is 6.42 Å². The molecule has 4 heterocycles. The van der Waals surface area contributed by atoms with Crippen molar-refractivity contribution >= 4 is 34.2 Å². The molecule has 1 N–H and O–H groups in total. The summed E-state index contributed by atoms with van der Waals surface area (Å²) in [5.41, 5.74) is 6.08. The molecular formula is C23H21N5O4S. The molecule has 10 heteroatoms. The molecule has 33 heavy (non-hydrogen) atoms. The van der Waals surface area contributed by atoms with E-state index in [0.717, 1.165) is 27.9 Å². The highest BCUT2D eigenvalue weighted by molar-refractivity contribution is 7.08. The summed E-state index contributed by atoms with van der Waals surface area (Å²) in [6.07, 6.45) is 2.84. The van der Waals surface area contributed by atoms with Crippen molar-refractivity contribution in [2.75, 3.05) is 6.54 Å². The van der Waals surface area contributed by atoms with Gasteiger partial charge < -0.3 is 15.4 Å². The lowest BCUT2D eigenvalue weighted by Crippen LogP contribution is -2.37. The number of nitrogens with zero attached hydrogens (tertiary/aromatic N) is 4. The fraction of sp³-hybridized carbons (Fsp3) is 0.261. The number of carbonyl (C=O) groups is 2. The third kappa shape index (κ3) is 4.17. The Balaban J connectivity index is 1.30. The number of aromatic nitrogens is 3. The molecule has 9 nitrogen and oxygen atoms in total. The first-order chi connectivity index (χ1) is 16.0. The van der Waals surface area contributed by atoms with Crippen molar-refractivity contribution in [1.29, 1.82) is 0 Å². The van der Waals surface area contributed by atoms with E-state index in [4.69, 9.17) is 0 Å². The number of carbonyl (C=O) groups excluding carboxylic acids is 2. The van der Waals surface area contributed by atoms with Gasteiger partial charge in [-0.3, -0.25) is 19.2 Å². The molecule has 0 fully saturated rings. The SMILES string of the molecule is Cc1ncc2c(c1CNC(=O)Cc1ccsc1)CCN(C(=O)c1ccc3c(c1)no[n+]3[O-])C2. The van der Waals surface area contributed by atoms with E-state index in [-0.39, 0.29) is 17.3 Å². The molecule has 1 aliphatic heterocycles. The van der Waals surface area contributed by atoms with Crippen LogP contribution in [0.1, 0.15) is 38.3 Å². The van der Waals surface area contributed by atoms with Gasteiger partial charge in [-0.2, -0.15) is 11.3 Å². The number of aryl methyl sites for hydroxylation is 1. The molecule has 3 aromatic heterocycles. The number of thiophene rings is 1. The lowest BCUT2D eigenvalue weighted by atomic mass is 9.94. The summed E-state index contributed by atoms with van der Waals surface area (Å²) < 4.78 is 4.58. The molecule has 1 aliphatic rings. The zero-order chi connectivity index (χ0) is 22.9. The van der Waals surface area contributed by atoms with Gasteiger partial charge in [-0.15, -0.1) is 0 Å². The highest BCUT2D eigenvalue weighted by Crippen LogP contribution is 2.25. The van der Waals surface area contributed by atoms with Gasteiger partial charge in [-0.05, 0) is 69.5 Å². The molecule has 5 rings (SSSR count). The molecule has 0 saturated carbocycles. The number of benzene rings is 1. The lowest BCUT2D eigenvalue weighted by Gasteiger charge is -2.30. The molecule has 0 unspecified atom stereocenters. The molecule has 0 radical (unpaired) electrons. The van der Waals surface area contributed by atoms with E-state index in [1.165, 1.54) is 6.07 Å². The van der Waals surface area contributed by atoms with Crippen LogP contribution in [0.15, 0.2) is 45.9 Å². The molecule has 0 saturated heterocycles. The van der Waals surface area contributed by atoms with Gasteiger partial charge in [0, 0.05) is 48.3 Å². The maximum Gasteiger partial charge on any atom is 0.254 e. The van der Waals surface area contributed by atoms with Crippen LogP contribution in [0, 0.1) is 12.1 Å². The van der Waals surface area contributed by atoms with Gasteiger partial charge in [0.15, 0.2) is 0 Å². The van der Waals surface area contributed by atoms with E-state index in [1.54, 1.807) is 28.4 Å². The summed E-state index contributed by atoms with van der Waals surface area (Å²) in [5, 5.41) is 22.1. The fourth-order valence-electron chi connectivity index (χ4n) is 4.15. The molecule has 0 bridgehead atoms. The van der Waals surface area contributed by atoms with Gasteiger partial charge >= 0.3 is 0 Å². The zero-order valence-electron chi connectivity index (χ0n) is 17.9. The largest absolute Gasteiger partial charge is 0.359 e. The van der Waals surface area contributed by atoms with Crippen LogP contribution in [0.5, 0.6) is 0 Å². The van der Waals surface area contributed by atoms with E-state index in [2.05, 4.69) is 20.1 Å². The third-order valence-corrected chi connectivity index (χ3v) is 6.65. The van der Waals surface area contributed by atoms with E-state index >= 15 is 0 Å². The van der Waals surface area contributed by atoms with Crippen LogP contribution >= 0.6 is 11.3 Å². The molecule has 1 aromatic carbocycles. The van der Waals surface area contributed by atoms with E-state index < -0.39 is 0 Å². The van der Waals surface area contributed by atoms with E-state index in [9.17, 15) is 14.8 Å². The van der Waals surface area contributed by atoms with Crippen LogP contribution < -0.4 is 10.2 Å². The first-order valence-corrected chi connectivity index (χ1v) is 11.5. The first kappa shape index (κ1) is 21.1. The maximum absolute atomic E-state index is 13.1. The average molecular weight is 464 g/mol. The van der Waals surface area contributed by atoms with Crippen molar-refractivity contribution in [1.82, 2.24) is 20.4 Å². The Bertz CT molecular complexity index is 1350. The van der Waals surface area contributed by atoms with Crippen LogP contribution in [0.4, 0.5) is 0 Å². The molecule has 0 aliphatic carbocycles. The maximum atomic E-state index is 13.1. The number of hydrogen-bond acceptors (Lipinski definition) is 7. The number of amides is 2. The first-order valence-electron chi connectivity index (χ1n) is 10.5. The molecular weight excluding hydrogens is 442 g/mol. The molecule has 0 spiro atoms. The molecule has 4 aromatic rings. The number of fused-ring (bicyclic) bond motifs is 2. The summed E-state index contributed by atoms with van der Waals surface area (Å²) in [7, 11) is 0. The quantitative estimate of drug-likeness (QED) is 0.454. The molecule has 2 amide bonds. The summed E-state index contributed by atoms with van der Waals surface area (Å²) >= 11 is 1.57. The van der Waals surface area contributed by atoms with Crippen molar-refractivity contribution in [3.8, 4) is 0 Å². The number of nitrogens with one attached hydrogen (secondary N) is 1. The van der Waals surface area contributed by atoms with Crippen LogP contribution in [-0.4, -0.2) is 33.4 Å². The van der Waals surface area contributed by atoms with Gasteiger partial charge in [0.25, 0.3) is 5.91 Å². The second-order valence-corrected chi connectivity index (χ2v) is 8.80. The smallest absolute Gasteiger partial charge is 0.254 e. The van der Waals surface area contributed by atoms with Crippen LogP contribution in [0.3, 0.4) is 0 Å². The summed E-state index contributed by atoms with van der Waals surface area (Å²) in [6.45, 7) is 3.32. The van der Waals surface area contributed by atoms with Crippen LogP contribution in [0.2, 0.25) is 0 Å². The Labute approximate surface area is 193 Å². The normalized spacial score (nSPS) is 13.2. The van der Waals surface area contributed by atoms with Gasteiger partial charge in [0.2, 0.25) is 16.9 Å². The second-order valence-electron chi connectivity index (χ2n) is 8.02. The van der Waals surface area contributed by atoms with Crippen molar-refractivity contribution in [3.05, 3.63) is 79.9 Å². The van der Waals surface area contributed by atoms with E-state index in [1.807, 2.05) is 29.9 Å². The van der Waals surface area contributed by atoms with Crippen molar-refractivity contribution in [2.45, 2.75) is 32.9 Å². The number of rotatable bonds is 5. The minimum atomic E-state index is -0.144. The van der Waals surface area contributed by atoms with Crippen molar-refractivity contribution in [3.63, 3.8) is 0 Å². The minimum absolute atomic E-state index is 0.0272. The highest BCUT2D eigenvalue weighted by Gasteiger charge is 2.26. The lowest BCUT2D eigenvalue weighted by molar-refractivity contribution is -0.782. The van der Waals surface area contributed by atoms with Crippen LogP contribution in [-0.2, 0) is 30.7 Å². The van der Waals surface area contributed by atoms with Gasteiger partial charge in [-0.1, -0.05) is 0 Å². The van der Waals surface area contributed by atoms with Gasteiger partial charge in [-0.25, -0.2) is 0 Å². The summed E-state index contributed by atoms with van der Waals surface area (Å²) in [5.74, 6) is -0.171. The topological polar surface area (TPSA) is 115 Å². The predicted molar refractivity (Wildman–Crippen MR) is 120 cm³/mol. The van der Waals surface area contributed by atoms with Crippen molar-refractivity contribution < 1.29 is 19.1 Å². The van der Waals surface area contributed by atoms with Gasteiger partial charge in [0.1, 0.15) is 0 Å². The molecule has 0 atom stereocenters. The number of hydrogen-bond donors (Lipinski definition) is 1. The summed E-state index contributed by atoms with van der Waals surface area (Å²) in [4.78, 5) is 32.0. The Morgan fingerprint density at radius 2 is 2.21 bits per heavy atom. The van der Waals surface area contributed by atoms with Crippen LogP contribution in [0.25, 0.3) is 11.0 Å². The number of pyridine rings is 1. The second kappa shape index (κ2) is 8.62. The average Bonchev–Trinajstić information content (AvgIpc) is 3.47. The monoisotopic (exact) mass is 463 g/mol. The Morgan fingerprint density at radius 1 is 1.33 bits per heavy atom. The van der Waals surface area contributed by atoms with E-state index in [0.29, 0.717) is 48.5 Å². The standard InChI is InChI=1S/C23H21N5O4S/c1-14-19(11-25-22(29)8-15-5-7-33-13-15)18-4-6-27(12-17(18)10-24-14)23(30)16-2-3-21-20(9-16)26-32-28(21)31/h2-3,5,7,9-10,13H,4,6,8,11-12H2,1H3,(H,25,29). The Hall–Kier alpha value is -3.79. The Morgan fingerprint density at radius 3 is 3.03 bits per heavy atom.